The van der Waals surface area contributed by atoms with Gasteiger partial charge in [-0.05, 0) is 37.1 Å². The maximum Gasteiger partial charge on any atom is 0.248 e. The number of nitrogens with zero attached hydrogens (tertiary/aromatic N) is 4. The Morgan fingerprint density at radius 2 is 1.47 bits per heavy atom. The number of rotatable bonds is 12. The zero-order valence-electron chi connectivity index (χ0n) is 19.2. The van der Waals surface area contributed by atoms with Crippen molar-refractivity contribution in [3.8, 4) is 5.69 Å². The molecule has 0 saturated heterocycles. The Kier molecular flexibility index (Phi) is 9.66. The molecule has 0 N–H and O–H groups in total. The number of fused-ring (bicyclic) bond motifs is 3. The van der Waals surface area contributed by atoms with Gasteiger partial charge in [-0.15, -0.1) is 0 Å². The van der Waals surface area contributed by atoms with Crippen LogP contribution in [0.25, 0.3) is 27.5 Å². The Morgan fingerprint density at radius 3 is 2.22 bits per heavy atom. The van der Waals surface area contributed by atoms with E-state index in [1.54, 1.807) is 0 Å². The SMILES string of the molecule is CCCCCCCCCCCC[n+]1ccn(-c2cc3cccnc3c3ncccc23)c1.[Br-]. The Labute approximate surface area is 202 Å². The summed E-state index contributed by atoms with van der Waals surface area (Å²) >= 11 is 0. The van der Waals surface area contributed by atoms with Crippen molar-refractivity contribution < 1.29 is 21.5 Å². The molecular formula is C27H35BrN4. The molecule has 3 aromatic heterocycles. The van der Waals surface area contributed by atoms with Crippen LogP contribution in [0.2, 0.25) is 0 Å². The van der Waals surface area contributed by atoms with Crippen LogP contribution in [0.15, 0.2) is 61.4 Å². The van der Waals surface area contributed by atoms with Gasteiger partial charge in [0.2, 0.25) is 6.33 Å². The van der Waals surface area contributed by atoms with Gasteiger partial charge in [-0.3, -0.25) is 9.97 Å². The summed E-state index contributed by atoms with van der Waals surface area (Å²) in [5.74, 6) is 0. The van der Waals surface area contributed by atoms with Gasteiger partial charge in [0.1, 0.15) is 23.6 Å². The van der Waals surface area contributed by atoms with Crippen LogP contribution < -0.4 is 21.5 Å². The number of aromatic nitrogens is 4. The van der Waals surface area contributed by atoms with Crippen molar-refractivity contribution in [2.75, 3.05) is 0 Å². The van der Waals surface area contributed by atoms with Crippen molar-refractivity contribution in [2.45, 2.75) is 77.7 Å². The van der Waals surface area contributed by atoms with Gasteiger partial charge in [-0.25, -0.2) is 9.13 Å². The Morgan fingerprint density at radius 1 is 0.812 bits per heavy atom. The molecule has 4 rings (SSSR count). The second-order valence-corrected chi connectivity index (χ2v) is 8.61. The molecule has 0 spiro atoms. The molecule has 0 aliphatic carbocycles. The summed E-state index contributed by atoms with van der Waals surface area (Å²) in [7, 11) is 0. The van der Waals surface area contributed by atoms with Crippen molar-refractivity contribution in [1.82, 2.24) is 14.5 Å². The Bertz CT molecular complexity index is 1110. The maximum atomic E-state index is 4.63. The fourth-order valence-corrected chi connectivity index (χ4v) is 4.42. The van der Waals surface area contributed by atoms with Crippen molar-refractivity contribution >= 4 is 21.8 Å². The average Bonchev–Trinajstić information content (AvgIpc) is 3.28. The molecule has 0 atom stereocenters. The average molecular weight is 496 g/mol. The maximum absolute atomic E-state index is 4.63. The van der Waals surface area contributed by atoms with Crippen LogP contribution >= 0.6 is 0 Å². The van der Waals surface area contributed by atoms with Crippen LogP contribution in [-0.4, -0.2) is 14.5 Å². The smallest absolute Gasteiger partial charge is 0.248 e. The minimum absolute atomic E-state index is 0. The van der Waals surface area contributed by atoms with E-state index in [-0.39, 0.29) is 17.0 Å². The molecule has 3 heterocycles. The van der Waals surface area contributed by atoms with Crippen LogP contribution in [0.5, 0.6) is 0 Å². The lowest BCUT2D eigenvalue weighted by Crippen LogP contribution is -3.00. The van der Waals surface area contributed by atoms with Crippen molar-refractivity contribution in [1.29, 1.82) is 0 Å². The zero-order chi connectivity index (χ0) is 21.3. The highest BCUT2D eigenvalue weighted by Gasteiger charge is 2.14. The predicted octanol–water partition coefficient (Wildman–Crippen LogP) is 3.79. The first-order valence-corrected chi connectivity index (χ1v) is 12.1. The van der Waals surface area contributed by atoms with E-state index >= 15 is 0 Å². The van der Waals surface area contributed by atoms with E-state index in [2.05, 4.69) is 62.9 Å². The molecule has 0 saturated carbocycles. The molecule has 0 unspecified atom stereocenters. The second kappa shape index (κ2) is 12.7. The third-order valence-electron chi connectivity index (χ3n) is 6.18. The summed E-state index contributed by atoms with van der Waals surface area (Å²) in [5, 5.41) is 2.26. The van der Waals surface area contributed by atoms with Crippen LogP contribution in [0.1, 0.15) is 71.1 Å². The Balaban J connectivity index is 0.00000289. The molecule has 4 aromatic rings. The first-order valence-electron chi connectivity index (χ1n) is 12.1. The lowest BCUT2D eigenvalue weighted by molar-refractivity contribution is -0.696. The third-order valence-corrected chi connectivity index (χ3v) is 6.18. The largest absolute Gasteiger partial charge is 1.00 e. The van der Waals surface area contributed by atoms with E-state index in [4.69, 9.17) is 0 Å². The molecule has 4 nitrogen and oxygen atoms in total. The summed E-state index contributed by atoms with van der Waals surface area (Å²) in [6, 6.07) is 10.5. The summed E-state index contributed by atoms with van der Waals surface area (Å²) in [4.78, 5) is 9.19. The normalized spacial score (nSPS) is 11.2. The minimum Gasteiger partial charge on any atom is -1.00 e. The Hall–Kier alpha value is -2.27. The van der Waals surface area contributed by atoms with E-state index < -0.39 is 0 Å². The van der Waals surface area contributed by atoms with E-state index in [9.17, 15) is 0 Å². The number of aryl methyl sites for hydroxylation is 1. The fraction of sp³-hybridized carbons (Fsp3) is 0.444. The quantitative estimate of drug-likeness (QED) is 0.170. The molecule has 1 aromatic carbocycles. The highest BCUT2D eigenvalue weighted by molar-refractivity contribution is 6.06. The topological polar surface area (TPSA) is 34.6 Å². The molecule has 0 fully saturated rings. The molecule has 32 heavy (non-hydrogen) atoms. The molecule has 0 bridgehead atoms. The van der Waals surface area contributed by atoms with Gasteiger partial charge in [-0.2, -0.15) is 0 Å². The van der Waals surface area contributed by atoms with Gasteiger partial charge in [0, 0.05) is 23.2 Å². The zero-order valence-corrected chi connectivity index (χ0v) is 20.8. The second-order valence-electron chi connectivity index (χ2n) is 8.61. The lowest BCUT2D eigenvalue weighted by Gasteiger charge is -2.06. The molecule has 0 aliphatic rings. The predicted molar refractivity (Wildman–Crippen MR) is 128 cm³/mol. The van der Waals surface area contributed by atoms with Gasteiger partial charge in [-0.1, -0.05) is 64.4 Å². The molecule has 0 amide bonds. The van der Waals surface area contributed by atoms with Crippen molar-refractivity contribution in [2.24, 2.45) is 0 Å². The molecular weight excluding hydrogens is 460 g/mol. The van der Waals surface area contributed by atoms with E-state index in [0.29, 0.717) is 0 Å². The monoisotopic (exact) mass is 494 g/mol. The van der Waals surface area contributed by atoms with Gasteiger partial charge >= 0.3 is 0 Å². The van der Waals surface area contributed by atoms with Gasteiger partial charge < -0.3 is 17.0 Å². The van der Waals surface area contributed by atoms with Crippen molar-refractivity contribution in [3.05, 3.63) is 61.4 Å². The standard InChI is InChI=1S/C27H35N4.BrH/c1-2-3-4-5-6-7-8-9-10-11-18-30-19-20-31(22-30)25-21-23-14-12-16-28-26(23)27-24(25)15-13-17-29-27;/h12-17,19-22H,2-11,18H2,1H3;1H/q+1;/p-1. The minimum atomic E-state index is 0. The van der Waals surface area contributed by atoms with E-state index in [1.807, 2.05) is 24.5 Å². The van der Waals surface area contributed by atoms with E-state index in [0.717, 1.165) is 34.0 Å². The van der Waals surface area contributed by atoms with Gasteiger partial charge in [0.25, 0.3) is 0 Å². The van der Waals surface area contributed by atoms with Crippen LogP contribution in [0, 0.1) is 0 Å². The third kappa shape index (κ3) is 6.16. The summed E-state index contributed by atoms with van der Waals surface area (Å²) in [6.07, 6.45) is 24.0. The number of benzene rings is 1. The number of unbranched alkanes of at least 4 members (excludes halogenated alkanes) is 9. The molecule has 0 radical (unpaired) electrons. The molecule has 0 aliphatic heterocycles. The van der Waals surface area contributed by atoms with E-state index in [1.165, 1.54) is 64.2 Å². The number of pyridine rings is 2. The van der Waals surface area contributed by atoms with Crippen molar-refractivity contribution in [3.63, 3.8) is 0 Å². The first-order chi connectivity index (χ1) is 15.4. The van der Waals surface area contributed by atoms with Crippen LogP contribution in [-0.2, 0) is 6.54 Å². The number of imidazole rings is 1. The summed E-state index contributed by atoms with van der Waals surface area (Å²) < 4.78 is 4.52. The molecule has 170 valence electrons. The van der Waals surface area contributed by atoms with Gasteiger partial charge in [0.15, 0.2) is 0 Å². The fourth-order valence-electron chi connectivity index (χ4n) is 4.42. The lowest BCUT2D eigenvalue weighted by atomic mass is 10.1. The van der Waals surface area contributed by atoms with Crippen LogP contribution in [0.4, 0.5) is 0 Å². The summed E-state index contributed by atoms with van der Waals surface area (Å²) in [5.41, 5.74) is 3.09. The number of hydrogen-bond acceptors (Lipinski definition) is 2. The highest BCUT2D eigenvalue weighted by Crippen LogP contribution is 2.27. The van der Waals surface area contributed by atoms with Crippen LogP contribution in [0.3, 0.4) is 0 Å². The summed E-state index contributed by atoms with van der Waals surface area (Å²) in [6.45, 7) is 3.36. The van der Waals surface area contributed by atoms with Gasteiger partial charge in [0.05, 0.1) is 12.1 Å². The first kappa shape index (κ1) is 24.4. The highest BCUT2D eigenvalue weighted by atomic mass is 79.9. The number of hydrogen-bond donors (Lipinski definition) is 0. The number of halogens is 1. The molecule has 5 heteroatoms.